The van der Waals surface area contributed by atoms with E-state index < -0.39 is 0 Å². The Hall–Kier alpha value is -2.64. The highest BCUT2D eigenvalue weighted by atomic mass is 16.5. The third-order valence-corrected chi connectivity index (χ3v) is 3.67. The second-order valence-corrected chi connectivity index (χ2v) is 5.35. The van der Waals surface area contributed by atoms with Crippen molar-refractivity contribution in [1.29, 1.82) is 0 Å². The lowest BCUT2D eigenvalue weighted by Crippen LogP contribution is -2.48. The minimum absolute atomic E-state index is 0.00604. The molecule has 1 N–H and O–H groups in total. The number of hydrogen-bond acceptors (Lipinski definition) is 6. The molecule has 3 heterocycles. The molecule has 1 saturated heterocycles. The van der Waals surface area contributed by atoms with Gasteiger partial charge in [0.05, 0.1) is 6.61 Å². The number of ether oxygens (including phenoxy) is 1. The van der Waals surface area contributed by atoms with Crippen LogP contribution in [0, 0.1) is 0 Å². The molecule has 1 aliphatic heterocycles. The second kappa shape index (κ2) is 6.64. The Kier molecular flexibility index (Phi) is 4.40. The average molecular weight is 316 g/mol. The van der Waals surface area contributed by atoms with Gasteiger partial charge in [-0.2, -0.15) is 5.10 Å². The van der Waals surface area contributed by atoms with Crippen LogP contribution in [0.25, 0.3) is 0 Å². The smallest absolute Gasteiger partial charge is 0.250 e. The first kappa shape index (κ1) is 15.3. The number of hydrogen-bond donors (Lipinski definition) is 1. The third-order valence-electron chi connectivity index (χ3n) is 3.67. The fraction of sp³-hybridized carbons (Fsp3) is 0.467. The molecule has 23 heavy (non-hydrogen) atoms. The van der Waals surface area contributed by atoms with Gasteiger partial charge in [-0.1, -0.05) is 0 Å². The number of carbonyl (C=O) groups is 1. The molecule has 1 aliphatic rings. The van der Waals surface area contributed by atoms with Gasteiger partial charge in [-0.25, -0.2) is 9.97 Å². The summed E-state index contributed by atoms with van der Waals surface area (Å²) in [7, 11) is 1.84. The Labute approximate surface area is 134 Å². The number of piperidine rings is 1. The minimum atomic E-state index is -0.324. The van der Waals surface area contributed by atoms with Gasteiger partial charge in [0.25, 0.3) is 5.91 Å². The summed E-state index contributed by atoms with van der Waals surface area (Å²) in [6, 6.07) is 3.23. The van der Waals surface area contributed by atoms with Crippen LogP contribution < -0.4 is 15.0 Å². The summed E-state index contributed by atoms with van der Waals surface area (Å²) in [6.45, 7) is 3.11. The highest BCUT2D eigenvalue weighted by Crippen LogP contribution is 2.22. The van der Waals surface area contributed by atoms with E-state index in [-0.39, 0.29) is 11.9 Å². The summed E-state index contributed by atoms with van der Waals surface area (Å²) in [5.41, 5.74) is 0. The second-order valence-electron chi connectivity index (χ2n) is 5.35. The van der Waals surface area contributed by atoms with Crippen LogP contribution in [-0.2, 0) is 11.8 Å². The molecule has 0 bridgehead atoms. The molecular weight excluding hydrogens is 296 g/mol. The normalized spacial score (nSPS) is 18.1. The number of nitrogens with zero attached hydrogens (tertiary/aromatic N) is 5. The molecule has 1 unspecified atom stereocenters. The summed E-state index contributed by atoms with van der Waals surface area (Å²) < 4.78 is 7.05. The first-order valence-corrected chi connectivity index (χ1v) is 7.70. The van der Waals surface area contributed by atoms with Gasteiger partial charge >= 0.3 is 0 Å². The van der Waals surface area contributed by atoms with Crippen LogP contribution in [-0.4, -0.2) is 44.8 Å². The molecule has 122 valence electrons. The zero-order valence-electron chi connectivity index (χ0n) is 13.3. The molecule has 2 aromatic heterocycles. The van der Waals surface area contributed by atoms with Crippen LogP contribution in [0.4, 0.5) is 11.6 Å². The van der Waals surface area contributed by atoms with E-state index >= 15 is 0 Å². The Morgan fingerprint density at radius 1 is 1.43 bits per heavy atom. The number of aryl methyl sites for hydroxylation is 1. The maximum absolute atomic E-state index is 12.7. The highest BCUT2D eigenvalue weighted by Gasteiger charge is 2.31. The van der Waals surface area contributed by atoms with Crippen molar-refractivity contribution in [2.45, 2.75) is 25.8 Å². The summed E-state index contributed by atoms with van der Waals surface area (Å²) >= 11 is 0. The molecule has 8 nitrogen and oxygen atoms in total. The van der Waals surface area contributed by atoms with Gasteiger partial charge in [0, 0.05) is 31.9 Å². The van der Waals surface area contributed by atoms with E-state index in [2.05, 4.69) is 20.4 Å². The predicted molar refractivity (Wildman–Crippen MR) is 85.4 cm³/mol. The Morgan fingerprint density at radius 2 is 2.30 bits per heavy atom. The van der Waals surface area contributed by atoms with Gasteiger partial charge < -0.3 is 10.1 Å². The van der Waals surface area contributed by atoms with E-state index in [4.69, 9.17) is 4.74 Å². The van der Waals surface area contributed by atoms with Crippen molar-refractivity contribution in [3.63, 3.8) is 0 Å². The number of amides is 1. The fourth-order valence-corrected chi connectivity index (χ4v) is 2.61. The summed E-state index contributed by atoms with van der Waals surface area (Å²) in [5.74, 6) is 1.77. The van der Waals surface area contributed by atoms with Gasteiger partial charge in [-0.05, 0) is 19.8 Å². The largest absolute Gasteiger partial charge is 0.478 e. The fourth-order valence-electron chi connectivity index (χ4n) is 2.61. The van der Waals surface area contributed by atoms with E-state index in [0.29, 0.717) is 30.7 Å². The SMILES string of the molecule is CCOc1cc(NC2CCCN(c3ccn(C)n3)C2=O)ncn1. The molecule has 3 rings (SSSR count). The number of nitrogens with one attached hydrogen (secondary N) is 1. The van der Waals surface area contributed by atoms with Crippen molar-refractivity contribution in [3.05, 3.63) is 24.7 Å². The van der Waals surface area contributed by atoms with Crippen LogP contribution in [0.1, 0.15) is 19.8 Å². The number of rotatable bonds is 5. The maximum Gasteiger partial charge on any atom is 0.250 e. The van der Waals surface area contributed by atoms with Crippen molar-refractivity contribution in [2.75, 3.05) is 23.4 Å². The van der Waals surface area contributed by atoms with Gasteiger partial charge in [0.1, 0.15) is 18.2 Å². The van der Waals surface area contributed by atoms with Gasteiger partial charge in [0.2, 0.25) is 5.88 Å². The van der Waals surface area contributed by atoms with Gasteiger partial charge in [0.15, 0.2) is 5.82 Å². The highest BCUT2D eigenvalue weighted by molar-refractivity contribution is 5.98. The quantitative estimate of drug-likeness (QED) is 0.892. The average Bonchev–Trinajstić information content (AvgIpc) is 2.96. The molecule has 0 spiro atoms. The van der Waals surface area contributed by atoms with Crippen LogP contribution in [0.5, 0.6) is 5.88 Å². The number of anilines is 2. The van der Waals surface area contributed by atoms with E-state index in [1.807, 2.05) is 26.2 Å². The zero-order valence-corrected chi connectivity index (χ0v) is 13.3. The minimum Gasteiger partial charge on any atom is -0.478 e. The lowest BCUT2D eigenvalue weighted by Gasteiger charge is -2.31. The van der Waals surface area contributed by atoms with Crippen LogP contribution in [0.3, 0.4) is 0 Å². The summed E-state index contributed by atoms with van der Waals surface area (Å²) in [5, 5.41) is 7.49. The molecule has 0 aromatic carbocycles. The Balaban J connectivity index is 1.72. The summed E-state index contributed by atoms with van der Waals surface area (Å²) in [6.07, 6.45) is 4.93. The van der Waals surface area contributed by atoms with Gasteiger partial charge in [-0.3, -0.25) is 14.4 Å². The van der Waals surface area contributed by atoms with E-state index in [1.165, 1.54) is 6.33 Å². The molecule has 1 fully saturated rings. The lowest BCUT2D eigenvalue weighted by atomic mass is 10.0. The van der Waals surface area contributed by atoms with Crippen molar-refractivity contribution in [3.8, 4) is 5.88 Å². The molecule has 2 aromatic rings. The zero-order chi connectivity index (χ0) is 16.2. The monoisotopic (exact) mass is 316 g/mol. The van der Waals surface area contributed by atoms with E-state index in [0.717, 1.165) is 12.8 Å². The molecule has 0 radical (unpaired) electrons. The molecule has 0 aliphatic carbocycles. The number of carbonyl (C=O) groups excluding carboxylic acids is 1. The number of aromatic nitrogens is 4. The lowest BCUT2D eigenvalue weighted by molar-refractivity contribution is -0.120. The van der Waals surface area contributed by atoms with E-state index in [9.17, 15) is 4.79 Å². The Morgan fingerprint density at radius 3 is 3.04 bits per heavy atom. The molecule has 1 atom stereocenters. The van der Waals surface area contributed by atoms with Crippen molar-refractivity contribution in [2.24, 2.45) is 7.05 Å². The molecule has 1 amide bonds. The Bertz CT molecular complexity index is 686. The topological polar surface area (TPSA) is 85.2 Å². The maximum atomic E-state index is 12.7. The van der Waals surface area contributed by atoms with Gasteiger partial charge in [-0.15, -0.1) is 0 Å². The first-order valence-electron chi connectivity index (χ1n) is 7.70. The van der Waals surface area contributed by atoms with Crippen molar-refractivity contribution < 1.29 is 9.53 Å². The van der Waals surface area contributed by atoms with Crippen LogP contribution in [0.2, 0.25) is 0 Å². The predicted octanol–water partition coefficient (Wildman–Crippen LogP) is 1.22. The summed E-state index contributed by atoms with van der Waals surface area (Å²) in [4.78, 5) is 22.6. The van der Waals surface area contributed by atoms with Crippen LogP contribution >= 0.6 is 0 Å². The third kappa shape index (κ3) is 3.41. The van der Waals surface area contributed by atoms with Crippen LogP contribution in [0.15, 0.2) is 24.7 Å². The van der Waals surface area contributed by atoms with E-state index in [1.54, 1.807) is 15.6 Å². The van der Waals surface area contributed by atoms with Crippen molar-refractivity contribution in [1.82, 2.24) is 19.7 Å². The molecule has 0 saturated carbocycles. The molecular formula is C15H20N6O2. The molecule has 8 heteroatoms. The van der Waals surface area contributed by atoms with Crippen molar-refractivity contribution >= 4 is 17.5 Å². The first-order chi connectivity index (χ1) is 11.2. The standard InChI is InChI=1S/C15H20N6O2/c1-3-23-14-9-12(16-10-17-14)18-11-5-4-7-21(15(11)22)13-6-8-20(2)19-13/h6,8-11H,3-5,7H2,1-2H3,(H,16,17,18).